The largest absolute Gasteiger partial charge is 0.497 e. The van der Waals surface area contributed by atoms with Crippen molar-refractivity contribution in [3.8, 4) is 5.75 Å². The van der Waals surface area contributed by atoms with Crippen molar-refractivity contribution in [1.82, 2.24) is 0 Å². The van der Waals surface area contributed by atoms with E-state index in [1.54, 1.807) is 31.4 Å². The topological polar surface area (TPSA) is 29.5 Å². The number of hydrogen-bond donors (Lipinski definition) is 1. The van der Waals surface area contributed by atoms with Crippen molar-refractivity contribution in [1.29, 1.82) is 0 Å². The fraction of sp³-hybridized carbons (Fsp3) is 0.333. The molecule has 0 saturated heterocycles. The minimum atomic E-state index is -4.24. The van der Waals surface area contributed by atoms with Crippen molar-refractivity contribution in [2.45, 2.75) is 25.1 Å². The molecule has 1 N–H and O–H groups in total. The molecule has 1 atom stereocenters. The molecule has 0 fully saturated rings. The van der Waals surface area contributed by atoms with Gasteiger partial charge >= 0.3 is 6.18 Å². The van der Waals surface area contributed by atoms with Crippen molar-refractivity contribution >= 4 is 10.8 Å². The van der Waals surface area contributed by atoms with Crippen LogP contribution in [0.15, 0.2) is 36.4 Å². The molecule has 0 amide bonds. The number of methoxy groups -OCH3 is 1. The Hall–Kier alpha value is -1.75. The molecule has 0 saturated carbocycles. The van der Waals surface area contributed by atoms with Crippen molar-refractivity contribution in [3.05, 3.63) is 42.0 Å². The first-order valence-corrected chi connectivity index (χ1v) is 6.21. The third kappa shape index (κ3) is 3.63. The SMILES string of the molecule is COc1ccc2cc([C@H](O)CCC(F)(F)F)ccc2c1. The lowest BCUT2D eigenvalue weighted by Gasteiger charge is -2.13. The first kappa shape index (κ1) is 14.7. The second-order valence-corrected chi connectivity index (χ2v) is 4.64. The molecule has 5 heteroatoms. The Labute approximate surface area is 114 Å². The van der Waals surface area contributed by atoms with Crippen molar-refractivity contribution in [3.63, 3.8) is 0 Å². The number of alkyl halides is 3. The molecule has 108 valence electrons. The van der Waals surface area contributed by atoms with E-state index in [1.807, 2.05) is 12.1 Å². The third-order valence-corrected chi connectivity index (χ3v) is 3.16. The molecule has 0 aliphatic rings. The second kappa shape index (κ2) is 5.71. The zero-order chi connectivity index (χ0) is 14.8. The molecule has 20 heavy (non-hydrogen) atoms. The number of halogens is 3. The summed E-state index contributed by atoms with van der Waals surface area (Å²) < 4.78 is 41.5. The van der Waals surface area contributed by atoms with E-state index in [2.05, 4.69) is 0 Å². The summed E-state index contributed by atoms with van der Waals surface area (Å²) in [5, 5.41) is 11.6. The van der Waals surface area contributed by atoms with E-state index in [-0.39, 0.29) is 6.42 Å². The molecule has 0 radical (unpaired) electrons. The van der Waals surface area contributed by atoms with Gasteiger partial charge < -0.3 is 9.84 Å². The Balaban J connectivity index is 2.19. The monoisotopic (exact) mass is 284 g/mol. The van der Waals surface area contributed by atoms with Crippen LogP contribution in [0, 0.1) is 0 Å². The first-order chi connectivity index (χ1) is 9.39. The standard InChI is InChI=1S/C15H15F3O2/c1-20-13-5-4-10-8-12(3-2-11(10)9-13)14(19)6-7-15(16,17)18/h2-5,8-9,14,19H,6-7H2,1H3/t14-/m1/s1. The molecule has 0 bridgehead atoms. The number of fused-ring (bicyclic) bond motifs is 1. The van der Waals surface area contributed by atoms with Gasteiger partial charge in [0, 0.05) is 6.42 Å². The number of rotatable bonds is 4. The predicted octanol–water partition coefficient (Wildman–Crippen LogP) is 4.22. The van der Waals surface area contributed by atoms with Crippen LogP contribution in [0.25, 0.3) is 10.8 Å². The van der Waals surface area contributed by atoms with Gasteiger partial charge in [-0.1, -0.05) is 18.2 Å². The molecular formula is C15H15F3O2. The van der Waals surface area contributed by atoms with Gasteiger partial charge in [-0.25, -0.2) is 0 Å². The minimum absolute atomic E-state index is 0.328. The van der Waals surface area contributed by atoms with Gasteiger partial charge in [0.2, 0.25) is 0 Å². The smallest absolute Gasteiger partial charge is 0.389 e. The predicted molar refractivity (Wildman–Crippen MR) is 70.7 cm³/mol. The van der Waals surface area contributed by atoms with Crippen LogP contribution in [0.5, 0.6) is 5.75 Å². The summed E-state index contributed by atoms with van der Waals surface area (Å²) in [6, 6.07) is 10.5. The normalized spacial score (nSPS) is 13.4. The maximum atomic E-state index is 12.1. The molecule has 0 aliphatic carbocycles. The number of hydrogen-bond acceptors (Lipinski definition) is 2. The summed E-state index contributed by atoms with van der Waals surface area (Å²) in [7, 11) is 1.57. The second-order valence-electron chi connectivity index (χ2n) is 4.64. The van der Waals surface area contributed by atoms with Crippen LogP contribution in [0.4, 0.5) is 13.2 Å². The lowest BCUT2D eigenvalue weighted by atomic mass is 10.0. The van der Waals surface area contributed by atoms with E-state index in [1.165, 1.54) is 0 Å². The molecular weight excluding hydrogens is 269 g/mol. The molecule has 0 unspecified atom stereocenters. The Morgan fingerprint density at radius 1 is 1.10 bits per heavy atom. The van der Waals surface area contributed by atoms with Gasteiger partial charge in [0.05, 0.1) is 13.2 Å². The molecule has 2 rings (SSSR count). The van der Waals surface area contributed by atoms with E-state index in [4.69, 9.17) is 4.74 Å². The van der Waals surface area contributed by atoms with Gasteiger partial charge in [0.15, 0.2) is 0 Å². The Morgan fingerprint density at radius 3 is 2.40 bits per heavy atom. The summed E-state index contributed by atoms with van der Waals surface area (Å²) in [5.41, 5.74) is 0.493. The van der Waals surface area contributed by atoms with E-state index in [9.17, 15) is 18.3 Å². The van der Waals surface area contributed by atoms with Gasteiger partial charge in [-0.15, -0.1) is 0 Å². The number of aliphatic hydroxyl groups excluding tert-OH is 1. The average Bonchev–Trinajstić information content (AvgIpc) is 2.42. The lowest BCUT2D eigenvalue weighted by molar-refractivity contribution is -0.140. The zero-order valence-corrected chi connectivity index (χ0v) is 10.9. The van der Waals surface area contributed by atoms with Crippen LogP contribution in [0.1, 0.15) is 24.5 Å². The minimum Gasteiger partial charge on any atom is -0.497 e. The van der Waals surface area contributed by atoms with E-state index in [0.29, 0.717) is 11.3 Å². The van der Waals surface area contributed by atoms with Crippen LogP contribution in [0.3, 0.4) is 0 Å². The lowest BCUT2D eigenvalue weighted by Crippen LogP contribution is -2.10. The van der Waals surface area contributed by atoms with Crippen LogP contribution in [0.2, 0.25) is 0 Å². The maximum absolute atomic E-state index is 12.1. The van der Waals surface area contributed by atoms with Crippen LogP contribution < -0.4 is 4.74 Å². The van der Waals surface area contributed by atoms with Crippen LogP contribution in [-0.2, 0) is 0 Å². The van der Waals surface area contributed by atoms with Gasteiger partial charge in [-0.3, -0.25) is 0 Å². The Morgan fingerprint density at radius 2 is 1.75 bits per heavy atom. The van der Waals surface area contributed by atoms with E-state index in [0.717, 1.165) is 10.8 Å². The highest BCUT2D eigenvalue weighted by atomic mass is 19.4. The van der Waals surface area contributed by atoms with Crippen LogP contribution in [-0.4, -0.2) is 18.4 Å². The summed E-state index contributed by atoms with van der Waals surface area (Å²) in [5.74, 6) is 0.711. The molecule has 2 aromatic carbocycles. The molecule has 0 aliphatic heterocycles. The highest BCUT2D eigenvalue weighted by molar-refractivity contribution is 5.84. The number of aliphatic hydroxyl groups is 1. The third-order valence-electron chi connectivity index (χ3n) is 3.16. The average molecular weight is 284 g/mol. The number of ether oxygens (including phenoxy) is 1. The first-order valence-electron chi connectivity index (χ1n) is 6.21. The van der Waals surface area contributed by atoms with E-state index >= 15 is 0 Å². The van der Waals surface area contributed by atoms with E-state index < -0.39 is 18.7 Å². The molecule has 2 aromatic rings. The highest BCUT2D eigenvalue weighted by Gasteiger charge is 2.28. The van der Waals surface area contributed by atoms with Gasteiger partial charge in [-0.2, -0.15) is 13.2 Å². The van der Waals surface area contributed by atoms with Crippen molar-refractivity contribution < 1.29 is 23.0 Å². The van der Waals surface area contributed by atoms with Gasteiger partial charge in [0.25, 0.3) is 0 Å². The Kier molecular flexibility index (Phi) is 4.18. The zero-order valence-electron chi connectivity index (χ0n) is 10.9. The Bertz CT molecular complexity index is 593. The van der Waals surface area contributed by atoms with Crippen molar-refractivity contribution in [2.24, 2.45) is 0 Å². The quantitative estimate of drug-likeness (QED) is 0.910. The highest BCUT2D eigenvalue weighted by Crippen LogP contribution is 2.29. The summed E-state index contributed by atoms with van der Waals surface area (Å²) in [4.78, 5) is 0. The summed E-state index contributed by atoms with van der Waals surface area (Å²) in [6.07, 6.45) is -6.67. The summed E-state index contributed by atoms with van der Waals surface area (Å²) in [6.45, 7) is 0. The molecule has 0 heterocycles. The fourth-order valence-corrected chi connectivity index (χ4v) is 2.04. The number of benzene rings is 2. The fourth-order valence-electron chi connectivity index (χ4n) is 2.04. The molecule has 0 aromatic heterocycles. The van der Waals surface area contributed by atoms with Crippen molar-refractivity contribution in [2.75, 3.05) is 7.11 Å². The maximum Gasteiger partial charge on any atom is 0.389 e. The molecule has 0 spiro atoms. The van der Waals surface area contributed by atoms with Crippen LogP contribution >= 0.6 is 0 Å². The summed E-state index contributed by atoms with van der Waals surface area (Å²) >= 11 is 0. The van der Waals surface area contributed by atoms with Gasteiger partial charge in [0.1, 0.15) is 5.75 Å². The molecule has 2 nitrogen and oxygen atoms in total. The van der Waals surface area contributed by atoms with Gasteiger partial charge in [-0.05, 0) is 41.0 Å².